The Kier molecular flexibility index (Phi) is 1.78. The minimum absolute atomic E-state index is 0.646. The van der Waals surface area contributed by atoms with Crippen molar-refractivity contribution in [2.24, 2.45) is 0 Å². The van der Waals surface area contributed by atoms with Crippen LogP contribution in [0.2, 0.25) is 0 Å². The van der Waals surface area contributed by atoms with Crippen molar-refractivity contribution < 1.29 is 9.47 Å². The fourth-order valence-electron chi connectivity index (χ4n) is 1.10. The summed E-state index contributed by atoms with van der Waals surface area (Å²) < 4.78 is 10.7. The summed E-state index contributed by atoms with van der Waals surface area (Å²) in [4.78, 5) is 0. The van der Waals surface area contributed by atoms with Crippen LogP contribution in [-0.4, -0.2) is 13.2 Å². The standard InChI is InChI=1S/C9H9O2/c1-2-4-9-8(3-1)7-10-5-6-11-9/h2-4H,5-7H2. The van der Waals surface area contributed by atoms with Crippen molar-refractivity contribution in [3.8, 4) is 5.75 Å². The Hall–Kier alpha value is -1.02. The Morgan fingerprint density at radius 2 is 2.36 bits per heavy atom. The number of ether oxygens (including phenoxy) is 2. The van der Waals surface area contributed by atoms with Crippen LogP contribution in [0, 0.1) is 6.07 Å². The van der Waals surface area contributed by atoms with E-state index in [2.05, 4.69) is 6.07 Å². The highest BCUT2D eigenvalue weighted by Gasteiger charge is 2.06. The van der Waals surface area contributed by atoms with Gasteiger partial charge in [0.25, 0.3) is 0 Å². The summed E-state index contributed by atoms with van der Waals surface area (Å²) in [5.41, 5.74) is 1.09. The Labute approximate surface area is 65.7 Å². The number of fused-ring (bicyclic) bond motifs is 1. The van der Waals surface area contributed by atoms with Gasteiger partial charge in [-0.2, -0.15) is 0 Å². The third kappa shape index (κ3) is 1.35. The molecule has 1 radical (unpaired) electrons. The quantitative estimate of drug-likeness (QED) is 0.555. The first-order valence-electron chi connectivity index (χ1n) is 3.66. The first-order chi connectivity index (χ1) is 5.47. The molecule has 0 fully saturated rings. The van der Waals surface area contributed by atoms with Crippen molar-refractivity contribution in [1.29, 1.82) is 0 Å². The van der Waals surface area contributed by atoms with Gasteiger partial charge >= 0.3 is 0 Å². The van der Waals surface area contributed by atoms with Crippen LogP contribution in [0.1, 0.15) is 5.56 Å². The molecule has 11 heavy (non-hydrogen) atoms. The largest absolute Gasteiger partial charge is 0.491 e. The van der Waals surface area contributed by atoms with Crippen LogP contribution in [0.3, 0.4) is 0 Å². The molecule has 2 heteroatoms. The first kappa shape index (κ1) is 6.68. The number of hydrogen-bond acceptors (Lipinski definition) is 2. The summed E-state index contributed by atoms with van der Waals surface area (Å²) >= 11 is 0. The molecule has 57 valence electrons. The average Bonchev–Trinajstić information content (AvgIpc) is 2.28. The van der Waals surface area contributed by atoms with E-state index >= 15 is 0 Å². The number of benzene rings is 1. The van der Waals surface area contributed by atoms with Gasteiger partial charge in [0, 0.05) is 5.56 Å². The van der Waals surface area contributed by atoms with Gasteiger partial charge in [-0.05, 0) is 18.2 Å². The molecule has 1 aromatic carbocycles. The molecule has 1 aromatic rings. The van der Waals surface area contributed by atoms with Gasteiger partial charge in [0.1, 0.15) is 12.4 Å². The maximum atomic E-state index is 5.40. The fourth-order valence-corrected chi connectivity index (χ4v) is 1.10. The molecule has 1 heterocycles. The normalized spacial score (nSPS) is 16.4. The minimum atomic E-state index is 0.646. The van der Waals surface area contributed by atoms with Crippen molar-refractivity contribution in [3.05, 3.63) is 29.8 Å². The molecule has 0 atom stereocenters. The monoisotopic (exact) mass is 149 g/mol. The molecule has 1 aliphatic rings. The van der Waals surface area contributed by atoms with Crippen LogP contribution in [0.15, 0.2) is 18.2 Å². The average molecular weight is 149 g/mol. The van der Waals surface area contributed by atoms with E-state index in [0.717, 1.165) is 11.3 Å². The Morgan fingerprint density at radius 1 is 1.36 bits per heavy atom. The minimum Gasteiger partial charge on any atom is -0.491 e. The highest BCUT2D eigenvalue weighted by Crippen LogP contribution is 2.20. The van der Waals surface area contributed by atoms with E-state index < -0.39 is 0 Å². The molecule has 0 bridgehead atoms. The van der Waals surface area contributed by atoms with E-state index in [0.29, 0.717) is 19.8 Å². The van der Waals surface area contributed by atoms with Crippen LogP contribution in [0.25, 0.3) is 0 Å². The molecule has 0 amide bonds. The second kappa shape index (κ2) is 2.93. The van der Waals surface area contributed by atoms with Crippen molar-refractivity contribution in [1.82, 2.24) is 0 Å². The summed E-state index contributed by atoms with van der Waals surface area (Å²) in [5, 5.41) is 0. The molecular formula is C9H9O2. The van der Waals surface area contributed by atoms with Crippen molar-refractivity contribution >= 4 is 0 Å². The topological polar surface area (TPSA) is 18.5 Å². The predicted molar refractivity (Wildman–Crippen MR) is 40.4 cm³/mol. The fraction of sp³-hybridized carbons (Fsp3) is 0.333. The summed E-state index contributed by atoms with van der Waals surface area (Å²) in [5.74, 6) is 0.932. The van der Waals surface area contributed by atoms with Gasteiger partial charge in [-0.1, -0.05) is 6.07 Å². The van der Waals surface area contributed by atoms with Gasteiger partial charge in [0.15, 0.2) is 0 Å². The molecule has 0 unspecified atom stereocenters. The van der Waals surface area contributed by atoms with E-state index in [1.54, 1.807) is 0 Å². The zero-order valence-electron chi connectivity index (χ0n) is 6.17. The van der Waals surface area contributed by atoms with Gasteiger partial charge in [-0.3, -0.25) is 0 Å². The van der Waals surface area contributed by atoms with E-state index in [1.807, 2.05) is 18.2 Å². The second-order valence-electron chi connectivity index (χ2n) is 2.43. The molecule has 0 aromatic heterocycles. The van der Waals surface area contributed by atoms with E-state index in [1.165, 1.54) is 0 Å². The molecule has 2 rings (SSSR count). The van der Waals surface area contributed by atoms with Crippen LogP contribution < -0.4 is 4.74 Å². The number of rotatable bonds is 0. The third-order valence-electron chi connectivity index (χ3n) is 1.65. The maximum absolute atomic E-state index is 5.40. The number of hydrogen-bond donors (Lipinski definition) is 0. The van der Waals surface area contributed by atoms with Gasteiger partial charge in [-0.25, -0.2) is 0 Å². The molecule has 0 spiro atoms. The lowest BCUT2D eigenvalue weighted by Gasteiger charge is -2.02. The van der Waals surface area contributed by atoms with E-state index in [4.69, 9.17) is 9.47 Å². The van der Waals surface area contributed by atoms with E-state index in [-0.39, 0.29) is 0 Å². The smallest absolute Gasteiger partial charge is 0.124 e. The van der Waals surface area contributed by atoms with Crippen LogP contribution >= 0.6 is 0 Å². The molecule has 0 N–H and O–H groups in total. The lowest BCUT2D eigenvalue weighted by atomic mass is 10.2. The second-order valence-corrected chi connectivity index (χ2v) is 2.43. The lowest BCUT2D eigenvalue weighted by Crippen LogP contribution is -2.00. The first-order valence-corrected chi connectivity index (χ1v) is 3.66. The molecule has 2 nitrogen and oxygen atoms in total. The highest BCUT2D eigenvalue weighted by molar-refractivity contribution is 5.32. The van der Waals surface area contributed by atoms with Crippen molar-refractivity contribution in [3.63, 3.8) is 0 Å². The molecule has 0 saturated heterocycles. The Balaban J connectivity index is 2.33. The zero-order valence-corrected chi connectivity index (χ0v) is 6.17. The predicted octanol–water partition coefficient (Wildman–Crippen LogP) is 1.40. The summed E-state index contributed by atoms with van der Waals surface area (Å²) in [7, 11) is 0. The van der Waals surface area contributed by atoms with Gasteiger partial charge in [0.2, 0.25) is 0 Å². The van der Waals surface area contributed by atoms with E-state index in [9.17, 15) is 0 Å². The summed E-state index contributed by atoms with van der Waals surface area (Å²) in [6.07, 6.45) is 0. The molecule has 1 aliphatic heterocycles. The Bertz CT molecular complexity index is 220. The lowest BCUT2D eigenvalue weighted by molar-refractivity contribution is 0.107. The maximum Gasteiger partial charge on any atom is 0.124 e. The summed E-state index contributed by atoms with van der Waals surface area (Å²) in [6.45, 7) is 1.97. The van der Waals surface area contributed by atoms with Crippen molar-refractivity contribution in [2.75, 3.05) is 13.2 Å². The molecule has 0 aliphatic carbocycles. The zero-order chi connectivity index (χ0) is 7.52. The summed E-state index contributed by atoms with van der Waals surface area (Å²) in [6, 6.07) is 8.66. The molecular weight excluding hydrogens is 140 g/mol. The third-order valence-corrected chi connectivity index (χ3v) is 1.65. The SMILES string of the molecule is [c]1ccc2c(c1)COCCO2. The van der Waals surface area contributed by atoms with Crippen LogP contribution in [-0.2, 0) is 11.3 Å². The van der Waals surface area contributed by atoms with Gasteiger partial charge < -0.3 is 9.47 Å². The highest BCUT2D eigenvalue weighted by atomic mass is 16.5. The van der Waals surface area contributed by atoms with Crippen LogP contribution in [0.5, 0.6) is 5.75 Å². The van der Waals surface area contributed by atoms with Crippen LogP contribution in [0.4, 0.5) is 0 Å². The van der Waals surface area contributed by atoms with Gasteiger partial charge in [-0.15, -0.1) is 0 Å². The van der Waals surface area contributed by atoms with Gasteiger partial charge in [0.05, 0.1) is 13.2 Å². The molecule has 0 saturated carbocycles. The Morgan fingerprint density at radius 3 is 3.36 bits per heavy atom. The van der Waals surface area contributed by atoms with Crippen molar-refractivity contribution in [2.45, 2.75) is 6.61 Å².